The molecule has 1 atom stereocenters. The Labute approximate surface area is 124 Å². The lowest BCUT2D eigenvalue weighted by atomic mass is 10.1. The maximum atomic E-state index is 12.6. The van der Waals surface area contributed by atoms with Gasteiger partial charge in [-0.15, -0.1) is 23.4 Å². The number of hydrogen-bond donors (Lipinski definition) is 0. The van der Waals surface area contributed by atoms with Gasteiger partial charge in [-0.05, 0) is 43.4 Å². The van der Waals surface area contributed by atoms with Crippen LogP contribution in [0.25, 0.3) is 0 Å². The molecule has 1 aromatic carbocycles. The Kier molecular flexibility index (Phi) is 5.59. The molecule has 1 saturated heterocycles. The molecule has 1 unspecified atom stereocenters. The van der Waals surface area contributed by atoms with Gasteiger partial charge in [-0.25, -0.2) is 0 Å². The van der Waals surface area contributed by atoms with Crippen LogP contribution >= 0.6 is 23.4 Å². The number of carbonyl (C=O) groups excluding carboxylic acids is 1. The van der Waals surface area contributed by atoms with Gasteiger partial charge >= 0.3 is 0 Å². The third-order valence-corrected chi connectivity index (χ3v) is 4.75. The second-order valence-corrected chi connectivity index (χ2v) is 6.07. The van der Waals surface area contributed by atoms with E-state index in [-0.39, 0.29) is 11.9 Å². The van der Waals surface area contributed by atoms with Crippen molar-refractivity contribution in [1.29, 1.82) is 0 Å². The van der Waals surface area contributed by atoms with Crippen molar-refractivity contribution in [2.45, 2.75) is 36.6 Å². The van der Waals surface area contributed by atoms with Gasteiger partial charge in [0.25, 0.3) is 5.91 Å². The van der Waals surface area contributed by atoms with Crippen LogP contribution in [0.2, 0.25) is 0 Å². The standard InChI is InChI=1S/C15H20ClNOS/c1-19-14-8-6-12(7-9-14)15(18)17-10-4-2-3-5-13(17)11-16/h6-9,13H,2-5,10-11H2,1H3. The minimum Gasteiger partial charge on any atom is -0.334 e. The number of rotatable bonds is 3. The van der Waals surface area contributed by atoms with Gasteiger partial charge in [0.2, 0.25) is 0 Å². The Morgan fingerprint density at radius 2 is 2.05 bits per heavy atom. The van der Waals surface area contributed by atoms with E-state index in [0.717, 1.165) is 24.9 Å². The van der Waals surface area contributed by atoms with Crippen molar-refractivity contribution in [3.05, 3.63) is 29.8 Å². The highest BCUT2D eigenvalue weighted by atomic mass is 35.5. The van der Waals surface area contributed by atoms with Crippen molar-refractivity contribution in [2.75, 3.05) is 18.7 Å². The fraction of sp³-hybridized carbons (Fsp3) is 0.533. The van der Waals surface area contributed by atoms with Gasteiger partial charge in [0, 0.05) is 28.9 Å². The predicted molar refractivity (Wildman–Crippen MR) is 82.2 cm³/mol. The summed E-state index contributed by atoms with van der Waals surface area (Å²) in [7, 11) is 0. The summed E-state index contributed by atoms with van der Waals surface area (Å²) in [4.78, 5) is 15.7. The normalized spacial score (nSPS) is 20.1. The van der Waals surface area contributed by atoms with E-state index in [4.69, 9.17) is 11.6 Å². The van der Waals surface area contributed by atoms with Crippen molar-refractivity contribution in [3.63, 3.8) is 0 Å². The van der Waals surface area contributed by atoms with Gasteiger partial charge in [-0.3, -0.25) is 4.79 Å². The van der Waals surface area contributed by atoms with Gasteiger partial charge in [0.15, 0.2) is 0 Å². The highest BCUT2D eigenvalue weighted by Crippen LogP contribution is 2.21. The van der Waals surface area contributed by atoms with Crippen LogP contribution in [-0.4, -0.2) is 35.5 Å². The molecule has 4 heteroatoms. The third kappa shape index (κ3) is 3.67. The summed E-state index contributed by atoms with van der Waals surface area (Å²) in [6.45, 7) is 0.834. The Bertz CT molecular complexity index is 421. The summed E-state index contributed by atoms with van der Waals surface area (Å²) in [5.74, 6) is 0.662. The molecule has 1 amide bonds. The summed E-state index contributed by atoms with van der Waals surface area (Å²) in [5, 5.41) is 0. The molecule has 2 nitrogen and oxygen atoms in total. The van der Waals surface area contributed by atoms with E-state index in [9.17, 15) is 4.79 Å². The summed E-state index contributed by atoms with van der Waals surface area (Å²) in [6.07, 6.45) is 6.52. The monoisotopic (exact) mass is 297 g/mol. The molecule has 2 rings (SSSR count). The third-order valence-electron chi connectivity index (χ3n) is 3.65. The highest BCUT2D eigenvalue weighted by molar-refractivity contribution is 7.98. The Balaban J connectivity index is 2.15. The van der Waals surface area contributed by atoms with Crippen molar-refractivity contribution in [1.82, 2.24) is 4.90 Å². The topological polar surface area (TPSA) is 20.3 Å². The zero-order chi connectivity index (χ0) is 13.7. The van der Waals surface area contributed by atoms with E-state index >= 15 is 0 Å². The van der Waals surface area contributed by atoms with Gasteiger partial charge < -0.3 is 4.90 Å². The molecule has 1 heterocycles. The van der Waals surface area contributed by atoms with Crippen LogP contribution in [-0.2, 0) is 0 Å². The van der Waals surface area contributed by atoms with Crippen LogP contribution in [0.1, 0.15) is 36.0 Å². The SMILES string of the molecule is CSc1ccc(C(=O)N2CCCCCC2CCl)cc1. The van der Waals surface area contributed by atoms with E-state index < -0.39 is 0 Å². The molecule has 1 aromatic rings. The van der Waals surface area contributed by atoms with Gasteiger partial charge in [0.05, 0.1) is 0 Å². The first-order chi connectivity index (χ1) is 9.26. The maximum Gasteiger partial charge on any atom is 0.254 e. The maximum absolute atomic E-state index is 12.6. The summed E-state index contributed by atoms with van der Waals surface area (Å²) in [6, 6.07) is 8.04. The molecule has 0 N–H and O–H groups in total. The quantitative estimate of drug-likeness (QED) is 0.620. The van der Waals surface area contributed by atoms with Crippen LogP contribution < -0.4 is 0 Å². The fourth-order valence-electron chi connectivity index (χ4n) is 2.50. The molecule has 0 aliphatic carbocycles. The second kappa shape index (κ2) is 7.20. The fourth-order valence-corrected chi connectivity index (χ4v) is 3.23. The zero-order valence-electron chi connectivity index (χ0n) is 11.3. The van der Waals surface area contributed by atoms with E-state index in [1.165, 1.54) is 17.7 Å². The summed E-state index contributed by atoms with van der Waals surface area (Å²) in [5.41, 5.74) is 0.773. The molecule has 1 fully saturated rings. The lowest BCUT2D eigenvalue weighted by molar-refractivity contribution is 0.0700. The van der Waals surface area contributed by atoms with Crippen LogP contribution in [0.5, 0.6) is 0 Å². The smallest absolute Gasteiger partial charge is 0.254 e. The Morgan fingerprint density at radius 3 is 2.68 bits per heavy atom. The first kappa shape index (κ1) is 14.7. The number of nitrogens with zero attached hydrogens (tertiary/aromatic N) is 1. The lowest BCUT2D eigenvalue weighted by Gasteiger charge is -2.28. The number of alkyl halides is 1. The van der Waals surface area contributed by atoms with Crippen LogP contribution in [0.4, 0.5) is 0 Å². The average Bonchev–Trinajstić information content (AvgIpc) is 2.71. The van der Waals surface area contributed by atoms with E-state index in [2.05, 4.69) is 0 Å². The van der Waals surface area contributed by atoms with Crippen LogP contribution in [0.15, 0.2) is 29.2 Å². The molecule has 19 heavy (non-hydrogen) atoms. The second-order valence-electron chi connectivity index (χ2n) is 4.88. The van der Waals surface area contributed by atoms with Gasteiger partial charge in [-0.1, -0.05) is 12.8 Å². The molecule has 0 radical (unpaired) electrons. The highest BCUT2D eigenvalue weighted by Gasteiger charge is 2.25. The Hall–Kier alpha value is -0.670. The number of thioether (sulfide) groups is 1. The largest absolute Gasteiger partial charge is 0.334 e. The number of likely N-dealkylation sites (tertiary alicyclic amines) is 1. The van der Waals surface area contributed by atoms with E-state index in [1.54, 1.807) is 11.8 Å². The predicted octanol–water partition coefficient (Wildman–Crippen LogP) is 4.03. The molecule has 104 valence electrons. The van der Waals surface area contributed by atoms with Crippen LogP contribution in [0, 0.1) is 0 Å². The number of benzene rings is 1. The molecular weight excluding hydrogens is 278 g/mol. The molecule has 0 spiro atoms. The molecule has 0 aromatic heterocycles. The molecule has 1 aliphatic rings. The number of amides is 1. The molecule has 1 aliphatic heterocycles. The van der Waals surface area contributed by atoms with Crippen molar-refractivity contribution >= 4 is 29.3 Å². The van der Waals surface area contributed by atoms with Gasteiger partial charge in [-0.2, -0.15) is 0 Å². The van der Waals surface area contributed by atoms with Crippen molar-refractivity contribution in [2.24, 2.45) is 0 Å². The first-order valence-corrected chi connectivity index (χ1v) is 8.53. The van der Waals surface area contributed by atoms with Crippen LogP contribution in [0.3, 0.4) is 0 Å². The zero-order valence-corrected chi connectivity index (χ0v) is 12.8. The average molecular weight is 298 g/mol. The van der Waals surface area contributed by atoms with E-state index in [0.29, 0.717) is 5.88 Å². The molecular formula is C15H20ClNOS. The summed E-state index contributed by atoms with van der Waals surface area (Å²) < 4.78 is 0. The minimum absolute atomic E-state index is 0.125. The van der Waals surface area contributed by atoms with Gasteiger partial charge in [0.1, 0.15) is 0 Å². The first-order valence-electron chi connectivity index (χ1n) is 6.77. The van der Waals surface area contributed by atoms with Crippen molar-refractivity contribution < 1.29 is 4.79 Å². The minimum atomic E-state index is 0.125. The number of hydrogen-bond acceptors (Lipinski definition) is 2. The Morgan fingerprint density at radius 1 is 1.32 bits per heavy atom. The molecule has 0 saturated carbocycles. The molecule has 0 bridgehead atoms. The lowest BCUT2D eigenvalue weighted by Crippen LogP contribution is -2.41. The number of carbonyl (C=O) groups is 1. The van der Waals surface area contributed by atoms with Crippen molar-refractivity contribution in [3.8, 4) is 0 Å². The summed E-state index contributed by atoms with van der Waals surface area (Å²) >= 11 is 7.72. The van der Waals surface area contributed by atoms with E-state index in [1.807, 2.05) is 35.4 Å². The number of halogens is 1.